The molecule has 0 aliphatic rings. The molecule has 0 atom stereocenters. The Labute approximate surface area is 186 Å². The molecule has 1 heterocycles. The Bertz CT molecular complexity index is 1210. The van der Waals surface area contributed by atoms with Crippen LogP contribution in [0.5, 0.6) is 5.75 Å². The van der Waals surface area contributed by atoms with Crippen molar-refractivity contribution in [3.63, 3.8) is 0 Å². The normalized spacial score (nSPS) is 10.4. The lowest BCUT2D eigenvalue weighted by Crippen LogP contribution is -3.00. The van der Waals surface area contributed by atoms with Crippen LogP contribution >= 0.6 is 11.6 Å². The fraction of sp³-hybridized carbons (Fsp3) is 0.0833. The highest BCUT2D eigenvalue weighted by Crippen LogP contribution is 2.35. The Kier molecular flexibility index (Phi) is 6.60. The van der Waals surface area contributed by atoms with E-state index in [4.69, 9.17) is 16.3 Å². The van der Waals surface area contributed by atoms with E-state index >= 15 is 0 Å². The fourth-order valence-corrected chi connectivity index (χ4v) is 3.65. The standard InChI is InChI=1S/C24H19ClN2O2.ClH/c1-15-22(24(28)27-20-10-6-7-11-21(20)29-2)23(16-8-4-3-5-9-16)18-14-17(25)12-13-19(18)26-15;/h3-14H,1-2H3,(H,27,28);1H/p-1. The molecule has 152 valence electrons. The van der Waals surface area contributed by atoms with Crippen molar-refractivity contribution in [3.8, 4) is 16.9 Å². The van der Waals surface area contributed by atoms with Crippen LogP contribution in [-0.4, -0.2) is 18.0 Å². The molecule has 0 fully saturated rings. The summed E-state index contributed by atoms with van der Waals surface area (Å²) in [5.74, 6) is 0.344. The first kappa shape index (κ1) is 21.6. The number of carbonyl (C=O) groups excluding carboxylic acids is 1. The fourth-order valence-electron chi connectivity index (χ4n) is 3.47. The Morgan fingerprint density at radius 2 is 1.70 bits per heavy atom. The number of methoxy groups -OCH3 is 1. The number of nitrogens with zero attached hydrogens (tertiary/aromatic N) is 1. The number of aromatic nitrogens is 1. The monoisotopic (exact) mass is 437 g/mol. The minimum absolute atomic E-state index is 0. The highest BCUT2D eigenvalue weighted by Gasteiger charge is 2.21. The number of nitrogens with one attached hydrogen (secondary N) is 1. The summed E-state index contributed by atoms with van der Waals surface area (Å²) in [6, 6.07) is 22.6. The molecule has 3 aromatic carbocycles. The Morgan fingerprint density at radius 1 is 1.00 bits per heavy atom. The van der Waals surface area contributed by atoms with Crippen LogP contribution in [0.25, 0.3) is 22.0 Å². The summed E-state index contributed by atoms with van der Waals surface area (Å²) < 4.78 is 5.37. The molecule has 0 bridgehead atoms. The summed E-state index contributed by atoms with van der Waals surface area (Å²) in [6.45, 7) is 1.84. The lowest BCUT2D eigenvalue weighted by Gasteiger charge is -2.17. The quantitative estimate of drug-likeness (QED) is 0.533. The zero-order valence-electron chi connectivity index (χ0n) is 16.4. The lowest BCUT2D eigenvalue weighted by atomic mass is 9.94. The second kappa shape index (κ2) is 9.16. The zero-order chi connectivity index (χ0) is 20.4. The third kappa shape index (κ3) is 4.11. The topological polar surface area (TPSA) is 51.2 Å². The molecule has 6 heteroatoms. The molecule has 1 aromatic heterocycles. The number of rotatable bonds is 4. The van der Waals surface area contributed by atoms with Crippen molar-refractivity contribution in [1.29, 1.82) is 0 Å². The maximum Gasteiger partial charge on any atom is 0.258 e. The van der Waals surface area contributed by atoms with Crippen LogP contribution < -0.4 is 22.5 Å². The molecule has 0 unspecified atom stereocenters. The van der Waals surface area contributed by atoms with E-state index < -0.39 is 0 Å². The molecule has 1 N–H and O–H groups in total. The SMILES string of the molecule is COc1ccccc1NC(=O)c1c(C)nc2ccc(Cl)cc2c1-c1ccccc1.[Cl-]. The average molecular weight is 438 g/mol. The van der Waals surface area contributed by atoms with Crippen molar-refractivity contribution in [3.05, 3.63) is 89.1 Å². The van der Waals surface area contributed by atoms with Gasteiger partial charge in [-0.1, -0.05) is 54.1 Å². The van der Waals surface area contributed by atoms with E-state index in [1.807, 2.05) is 61.5 Å². The van der Waals surface area contributed by atoms with Crippen LogP contribution in [0.1, 0.15) is 16.1 Å². The number of ether oxygens (including phenoxy) is 1. The van der Waals surface area contributed by atoms with Gasteiger partial charge >= 0.3 is 0 Å². The smallest absolute Gasteiger partial charge is 0.258 e. The first-order valence-electron chi connectivity index (χ1n) is 9.18. The summed E-state index contributed by atoms with van der Waals surface area (Å²) in [4.78, 5) is 18.0. The van der Waals surface area contributed by atoms with Gasteiger partial charge in [0.1, 0.15) is 5.75 Å². The highest BCUT2D eigenvalue weighted by atomic mass is 35.5. The van der Waals surface area contributed by atoms with Gasteiger partial charge in [0.2, 0.25) is 0 Å². The molecule has 0 aliphatic carbocycles. The molecule has 4 rings (SSSR count). The summed E-state index contributed by atoms with van der Waals surface area (Å²) in [5, 5.41) is 4.40. The van der Waals surface area contributed by atoms with Gasteiger partial charge in [0, 0.05) is 16.0 Å². The van der Waals surface area contributed by atoms with E-state index in [1.165, 1.54) is 0 Å². The predicted octanol–water partition coefficient (Wildman–Crippen LogP) is 3.13. The number of halogens is 2. The number of benzene rings is 3. The molecule has 0 spiro atoms. The van der Waals surface area contributed by atoms with Gasteiger partial charge in [-0.2, -0.15) is 0 Å². The van der Waals surface area contributed by atoms with Crippen LogP contribution in [0.4, 0.5) is 5.69 Å². The van der Waals surface area contributed by atoms with Crippen molar-refractivity contribution in [2.24, 2.45) is 0 Å². The van der Waals surface area contributed by atoms with Crippen molar-refractivity contribution in [2.75, 3.05) is 12.4 Å². The van der Waals surface area contributed by atoms with Crippen molar-refractivity contribution in [2.45, 2.75) is 6.92 Å². The van der Waals surface area contributed by atoms with Crippen LogP contribution in [0.3, 0.4) is 0 Å². The van der Waals surface area contributed by atoms with E-state index in [9.17, 15) is 4.79 Å². The molecule has 4 aromatic rings. The largest absolute Gasteiger partial charge is 1.00 e. The van der Waals surface area contributed by atoms with Gasteiger partial charge in [0.25, 0.3) is 5.91 Å². The van der Waals surface area contributed by atoms with Crippen LogP contribution in [-0.2, 0) is 0 Å². The lowest BCUT2D eigenvalue weighted by molar-refractivity contribution is -0.0000137. The molecule has 0 radical (unpaired) electrons. The molecule has 0 saturated heterocycles. The third-order valence-electron chi connectivity index (χ3n) is 4.77. The second-order valence-electron chi connectivity index (χ2n) is 6.63. The second-order valence-corrected chi connectivity index (χ2v) is 7.07. The maximum absolute atomic E-state index is 13.4. The van der Waals surface area contributed by atoms with E-state index in [0.717, 1.165) is 22.0 Å². The first-order valence-corrected chi connectivity index (χ1v) is 9.56. The number of aryl methyl sites for hydroxylation is 1. The number of hydrogen-bond acceptors (Lipinski definition) is 3. The number of carbonyl (C=O) groups is 1. The number of pyridine rings is 1. The molecular formula is C24H19Cl2N2O2-. The van der Waals surface area contributed by atoms with Gasteiger partial charge in [0.15, 0.2) is 0 Å². The number of amides is 1. The van der Waals surface area contributed by atoms with Gasteiger partial charge < -0.3 is 22.5 Å². The van der Waals surface area contributed by atoms with Gasteiger partial charge in [-0.05, 0) is 42.8 Å². The van der Waals surface area contributed by atoms with E-state index in [0.29, 0.717) is 27.7 Å². The minimum atomic E-state index is -0.250. The molecule has 30 heavy (non-hydrogen) atoms. The number of hydrogen-bond donors (Lipinski definition) is 1. The Morgan fingerprint density at radius 3 is 2.43 bits per heavy atom. The summed E-state index contributed by atoms with van der Waals surface area (Å²) in [5.41, 5.74) is 4.28. The minimum Gasteiger partial charge on any atom is -1.00 e. The van der Waals surface area contributed by atoms with E-state index in [-0.39, 0.29) is 18.3 Å². The Balaban J connectivity index is 0.00000256. The Hall–Kier alpha value is -3.08. The highest BCUT2D eigenvalue weighted by molar-refractivity contribution is 6.31. The molecule has 1 amide bonds. The van der Waals surface area contributed by atoms with Gasteiger partial charge in [-0.25, -0.2) is 0 Å². The zero-order valence-corrected chi connectivity index (χ0v) is 18.0. The van der Waals surface area contributed by atoms with Gasteiger partial charge in [-0.3, -0.25) is 9.78 Å². The third-order valence-corrected chi connectivity index (χ3v) is 5.01. The van der Waals surface area contributed by atoms with Crippen molar-refractivity contribution >= 4 is 34.1 Å². The number of fused-ring (bicyclic) bond motifs is 1. The first-order chi connectivity index (χ1) is 14.1. The molecular weight excluding hydrogens is 419 g/mol. The number of para-hydroxylation sites is 2. The van der Waals surface area contributed by atoms with E-state index in [1.54, 1.807) is 25.3 Å². The van der Waals surface area contributed by atoms with Crippen molar-refractivity contribution < 1.29 is 21.9 Å². The summed E-state index contributed by atoms with van der Waals surface area (Å²) in [6.07, 6.45) is 0. The maximum atomic E-state index is 13.4. The van der Waals surface area contributed by atoms with Crippen molar-refractivity contribution in [1.82, 2.24) is 4.98 Å². The summed E-state index contributed by atoms with van der Waals surface area (Å²) in [7, 11) is 1.57. The van der Waals surface area contributed by atoms with Crippen LogP contribution in [0.2, 0.25) is 5.02 Å². The molecule has 0 aliphatic heterocycles. The summed E-state index contributed by atoms with van der Waals surface area (Å²) >= 11 is 6.27. The van der Waals surface area contributed by atoms with E-state index in [2.05, 4.69) is 10.3 Å². The van der Waals surface area contributed by atoms with Gasteiger partial charge in [-0.15, -0.1) is 0 Å². The van der Waals surface area contributed by atoms with Crippen LogP contribution in [0.15, 0.2) is 72.8 Å². The predicted molar refractivity (Wildman–Crippen MR) is 118 cm³/mol. The molecule has 0 saturated carbocycles. The van der Waals surface area contributed by atoms with Gasteiger partial charge in [0.05, 0.1) is 29.6 Å². The average Bonchev–Trinajstić information content (AvgIpc) is 2.74. The number of anilines is 1. The van der Waals surface area contributed by atoms with Crippen LogP contribution in [0, 0.1) is 6.92 Å². The molecule has 4 nitrogen and oxygen atoms in total.